The molecule has 1 heterocycles. The van der Waals surface area contributed by atoms with Crippen LogP contribution in [0.1, 0.15) is 21.5 Å². The molecule has 0 bridgehead atoms. The third kappa shape index (κ3) is 4.44. The molecule has 28 heavy (non-hydrogen) atoms. The zero-order valence-corrected chi connectivity index (χ0v) is 16.6. The number of amides is 2. The number of nitrogens with zero attached hydrogens (tertiary/aromatic N) is 2. The Kier molecular flexibility index (Phi) is 6.19. The van der Waals surface area contributed by atoms with Gasteiger partial charge in [-0.2, -0.15) is 0 Å². The molecule has 148 valence electrons. The highest BCUT2D eigenvalue weighted by atomic mass is 16.5. The molecule has 0 N–H and O–H groups in total. The van der Waals surface area contributed by atoms with Crippen LogP contribution in [-0.2, 0) is 11.2 Å². The number of hydrogen-bond donors (Lipinski definition) is 0. The Morgan fingerprint density at radius 1 is 0.857 bits per heavy atom. The predicted molar refractivity (Wildman–Crippen MR) is 107 cm³/mol. The Hall–Kier alpha value is -3.02. The van der Waals surface area contributed by atoms with Crippen molar-refractivity contribution < 1.29 is 19.1 Å². The monoisotopic (exact) mass is 382 g/mol. The molecule has 1 fully saturated rings. The molecule has 6 nitrogen and oxygen atoms in total. The molecule has 0 radical (unpaired) electrons. The fourth-order valence-corrected chi connectivity index (χ4v) is 3.30. The molecule has 0 unspecified atom stereocenters. The smallest absolute Gasteiger partial charge is 0.254 e. The van der Waals surface area contributed by atoms with E-state index in [0.29, 0.717) is 49.7 Å². The molecule has 3 rings (SSSR count). The molecule has 1 aliphatic rings. The molecule has 2 amide bonds. The van der Waals surface area contributed by atoms with Crippen molar-refractivity contribution in [1.82, 2.24) is 9.80 Å². The molecule has 0 aromatic heterocycles. The maximum atomic E-state index is 12.8. The van der Waals surface area contributed by atoms with E-state index >= 15 is 0 Å². The fourth-order valence-electron chi connectivity index (χ4n) is 3.30. The number of aryl methyl sites for hydroxylation is 1. The van der Waals surface area contributed by atoms with Crippen LogP contribution in [0, 0.1) is 6.92 Å². The number of rotatable bonds is 5. The van der Waals surface area contributed by atoms with Crippen LogP contribution in [0.25, 0.3) is 0 Å². The fraction of sp³-hybridized carbons (Fsp3) is 0.364. The van der Waals surface area contributed by atoms with Crippen LogP contribution in [0.5, 0.6) is 11.5 Å². The average molecular weight is 382 g/mol. The summed E-state index contributed by atoms with van der Waals surface area (Å²) in [6.07, 6.45) is 0.393. The van der Waals surface area contributed by atoms with Crippen LogP contribution in [0.2, 0.25) is 0 Å². The van der Waals surface area contributed by atoms with Gasteiger partial charge in [-0.15, -0.1) is 0 Å². The van der Waals surface area contributed by atoms with Crippen LogP contribution in [-0.4, -0.2) is 62.0 Å². The minimum atomic E-state index is -0.0633. The van der Waals surface area contributed by atoms with Crippen LogP contribution in [0.4, 0.5) is 0 Å². The standard InChI is InChI=1S/C22H26N2O4/c1-16-4-6-17(7-5-16)14-21(25)23-10-12-24(13-11-23)22(26)18-8-9-19(27-2)20(15-18)28-3/h4-9,15H,10-14H2,1-3H3. The van der Waals surface area contributed by atoms with Gasteiger partial charge in [-0.05, 0) is 30.7 Å². The first-order chi connectivity index (χ1) is 13.5. The Morgan fingerprint density at radius 2 is 1.46 bits per heavy atom. The van der Waals surface area contributed by atoms with Crippen LogP contribution < -0.4 is 9.47 Å². The quantitative estimate of drug-likeness (QED) is 0.797. The summed E-state index contributed by atoms with van der Waals surface area (Å²) >= 11 is 0. The zero-order valence-electron chi connectivity index (χ0n) is 16.6. The first-order valence-corrected chi connectivity index (χ1v) is 9.36. The normalized spacial score (nSPS) is 14.0. The van der Waals surface area contributed by atoms with E-state index in [1.807, 2.05) is 36.1 Å². The molecular formula is C22H26N2O4. The van der Waals surface area contributed by atoms with Crippen molar-refractivity contribution in [2.45, 2.75) is 13.3 Å². The largest absolute Gasteiger partial charge is 0.493 e. The van der Waals surface area contributed by atoms with Gasteiger partial charge in [-0.1, -0.05) is 29.8 Å². The molecular weight excluding hydrogens is 356 g/mol. The third-order valence-electron chi connectivity index (χ3n) is 5.03. The van der Waals surface area contributed by atoms with Gasteiger partial charge in [-0.25, -0.2) is 0 Å². The van der Waals surface area contributed by atoms with Gasteiger partial charge < -0.3 is 19.3 Å². The second kappa shape index (κ2) is 8.78. The molecule has 2 aromatic rings. The van der Waals surface area contributed by atoms with E-state index in [1.165, 1.54) is 5.56 Å². The van der Waals surface area contributed by atoms with Gasteiger partial charge in [-0.3, -0.25) is 9.59 Å². The van der Waals surface area contributed by atoms with Crippen LogP contribution in [0.15, 0.2) is 42.5 Å². The lowest BCUT2D eigenvalue weighted by atomic mass is 10.1. The topological polar surface area (TPSA) is 59.1 Å². The highest BCUT2D eigenvalue weighted by molar-refractivity contribution is 5.95. The van der Waals surface area contributed by atoms with Gasteiger partial charge in [0.15, 0.2) is 11.5 Å². The van der Waals surface area contributed by atoms with Gasteiger partial charge in [0.25, 0.3) is 5.91 Å². The van der Waals surface area contributed by atoms with Crippen molar-refractivity contribution in [2.75, 3.05) is 40.4 Å². The number of hydrogen-bond acceptors (Lipinski definition) is 4. The van der Waals surface area contributed by atoms with Gasteiger partial charge in [0.2, 0.25) is 5.91 Å². The van der Waals surface area contributed by atoms with Crippen molar-refractivity contribution in [1.29, 1.82) is 0 Å². The summed E-state index contributed by atoms with van der Waals surface area (Å²) in [5, 5.41) is 0. The lowest BCUT2D eigenvalue weighted by Gasteiger charge is -2.35. The van der Waals surface area contributed by atoms with Crippen molar-refractivity contribution >= 4 is 11.8 Å². The van der Waals surface area contributed by atoms with Gasteiger partial charge in [0.1, 0.15) is 0 Å². The van der Waals surface area contributed by atoms with E-state index in [4.69, 9.17) is 9.47 Å². The predicted octanol–water partition coefficient (Wildman–Crippen LogP) is 2.54. The van der Waals surface area contributed by atoms with E-state index in [9.17, 15) is 9.59 Å². The van der Waals surface area contributed by atoms with Gasteiger partial charge in [0.05, 0.1) is 20.6 Å². The SMILES string of the molecule is COc1ccc(C(=O)N2CCN(C(=O)Cc3ccc(C)cc3)CC2)cc1OC. The van der Waals surface area contributed by atoms with Gasteiger partial charge >= 0.3 is 0 Å². The maximum absolute atomic E-state index is 12.8. The minimum absolute atomic E-state index is 0.0633. The Bertz CT molecular complexity index is 840. The van der Waals surface area contributed by atoms with Crippen molar-refractivity contribution in [3.8, 4) is 11.5 Å². The number of ether oxygens (including phenoxy) is 2. The lowest BCUT2D eigenvalue weighted by molar-refractivity contribution is -0.131. The van der Waals surface area contributed by atoms with E-state index in [1.54, 1.807) is 37.3 Å². The Labute approximate surface area is 165 Å². The third-order valence-corrected chi connectivity index (χ3v) is 5.03. The van der Waals surface area contributed by atoms with Crippen molar-refractivity contribution in [3.05, 3.63) is 59.2 Å². The number of piperazine rings is 1. The minimum Gasteiger partial charge on any atom is -0.493 e. The molecule has 1 saturated heterocycles. The first kappa shape index (κ1) is 19.7. The summed E-state index contributed by atoms with van der Waals surface area (Å²) in [5.41, 5.74) is 2.75. The summed E-state index contributed by atoms with van der Waals surface area (Å²) in [4.78, 5) is 28.9. The van der Waals surface area contributed by atoms with E-state index in [0.717, 1.165) is 5.56 Å². The van der Waals surface area contributed by atoms with Gasteiger partial charge in [0, 0.05) is 31.7 Å². The molecule has 0 atom stereocenters. The molecule has 1 aliphatic heterocycles. The van der Waals surface area contributed by atoms with E-state index in [2.05, 4.69) is 0 Å². The number of methoxy groups -OCH3 is 2. The summed E-state index contributed by atoms with van der Waals surface area (Å²) in [7, 11) is 3.11. The second-order valence-electron chi connectivity index (χ2n) is 6.91. The van der Waals surface area contributed by atoms with E-state index in [-0.39, 0.29) is 11.8 Å². The first-order valence-electron chi connectivity index (χ1n) is 9.36. The van der Waals surface area contributed by atoms with Crippen molar-refractivity contribution in [2.24, 2.45) is 0 Å². The van der Waals surface area contributed by atoms with Crippen molar-refractivity contribution in [3.63, 3.8) is 0 Å². The Morgan fingerprint density at radius 3 is 2.07 bits per heavy atom. The zero-order chi connectivity index (χ0) is 20.1. The molecule has 0 spiro atoms. The molecule has 6 heteroatoms. The number of benzene rings is 2. The molecule has 0 saturated carbocycles. The van der Waals surface area contributed by atoms with Crippen LogP contribution in [0.3, 0.4) is 0 Å². The summed E-state index contributed by atoms with van der Waals surface area (Å²) in [6, 6.07) is 13.2. The summed E-state index contributed by atoms with van der Waals surface area (Å²) < 4.78 is 10.5. The number of carbonyl (C=O) groups is 2. The maximum Gasteiger partial charge on any atom is 0.254 e. The highest BCUT2D eigenvalue weighted by Gasteiger charge is 2.25. The Balaban J connectivity index is 1.58. The molecule has 2 aromatic carbocycles. The highest BCUT2D eigenvalue weighted by Crippen LogP contribution is 2.28. The average Bonchev–Trinajstić information content (AvgIpc) is 2.74. The molecule has 0 aliphatic carbocycles. The van der Waals surface area contributed by atoms with E-state index < -0.39 is 0 Å². The number of carbonyl (C=O) groups excluding carboxylic acids is 2. The summed E-state index contributed by atoms with van der Waals surface area (Å²) in [5.74, 6) is 1.15. The summed E-state index contributed by atoms with van der Waals surface area (Å²) in [6.45, 7) is 4.16. The second-order valence-corrected chi connectivity index (χ2v) is 6.91. The lowest BCUT2D eigenvalue weighted by Crippen LogP contribution is -2.51. The van der Waals surface area contributed by atoms with Crippen LogP contribution >= 0.6 is 0 Å².